The number of rotatable bonds is 3. The molecule has 3 rings (SSSR count). The number of carbonyl (C=O) groups is 1. The molecule has 0 spiro atoms. The van der Waals surface area contributed by atoms with Crippen molar-refractivity contribution in [2.24, 2.45) is 0 Å². The first-order valence-corrected chi connectivity index (χ1v) is 7.58. The number of nitro groups is 1. The number of carbonyl (C=O) groups excluding carboxylic acids is 1. The Kier molecular flexibility index (Phi) is 4.54. The molecule has 7 heteroatoms. The predicted molar refractivity (Wildman–Crippen MR) is 88.9 cm³/mol. The van der Waals surface area contributed by atoms with E-state index in [4.69, 9.17) is 0 Å². The summed E-state index contributed by atoms with van der Waals surface area (Å²) in [6, 6.07) is 12.8. The van der Waals surface area contributed by atoms with Gasteiger partial charge in [0.25, 0.3) is 11.6 Å². The third-order valence-electron chi connectivity index (χ3n) is 4.06. The Labute approximate surface area is 138 Å². The Balaban J connectivity index is 1.95. The lowest BCUT2D eigenvalue weighted by Gasteiger charge is -2.25. The first kappa shape index (κ1) is 16.1. The summed E-state index contributed by atoms with van der Waals surface area (Å²) in [5.41, 5.74) is 2.06. The molecular weight excluding hydrogens is 310 g/mol. The highest BCUT2D eigenvalue weighted by Crippen LogP contribution is 2.25. The van der Waals surface area contributed by atoms with Crippen LogP contribution in [0, 0.1) is 10.1 Å². The summed E-state index contributed by atoms with van der Waals surface area (Å²) in [5.74, 6) is -0.250. The second-order valence-corrected chi connectivity index (χ2v) is 5.61. The number of fused-ring (bicyclic) bond motifs is 1. The topological polar surface area (TPSA) is 95.7 Å². The number of benzene rings is 2. The normalized spacial score (nSPS) is 17.0. The average Bonchev–Trinajstić information content (AvgIpc) is 2.81. The minimum atomic E-state index is -0.499. The van der Waals surface area contributed by atoms with Crippen LogP contribution in [0.4, 0.5) is 11.4 Å². The van der Waals surface area contributed by atoms with Crippen molar-refractivity contribution in [3.05, 3.63) is 69.8 Å². The van der Waals surface area contributed by atoms with Crippen molar-refractivity contribution in [2.45, 2.75) is 12.6 Å². The molecule has 0 radical (unpaired) electrons. The number of non-ortho nitro benzene ring substituents is 1. The molecule has 0 aliphatic carbocycles. The fourth-order valence-electron chi connectivity index (χ4n) is 2.76. The van der Waals surface area contributed by atoms with Crippen LogP contribution in [0.2, 0.25) is 0 Å². The molecule has 7 nitrogen and oxygen atoms in total. The summed E-state index contributed by atoms with van der Waals surface area (Å²) in [6.07, 6.45) is 0. The lowest BCUT2D eigenvalue weighted by Crippen LogP contribution is -2.43. The number of nitrogens with zero attached hydrogens (tertiary/aromatic N) is 2. The van der Waals surface area contributed by atoms with Crippen molar-refractivity contribution in [2.75, 3.05) is 18.1 Å². The molecule has 1 aliphatic heterocycles. The molecule has 124 valence electrons. The van der Waals surface area contributed by atoms with Crippen LogP contribution < -0.4 is 10.2 Å². The number of hydrogen-bond donors (Lipinski definition) is 2. The highest BCUT2D eigenvalue weighted by Gasteiger charge is 2.26. The lowest BCUT2D eigenvalue weighted by molar-refractivity contribution is -0.384. The molecule has 0 fully saturated rings. The zero-order valence-electron chi connectivity index (χ0n) is 12.9. The van der Waals surface area contributed by atoms with Gasteiger partial charge < -0.3 is 15.3 Å². The van der Waals surface area contributed by atoms with Crippen LogP contribution in [0.5, 0.6) is 0 Å². The highest BCUT2D eigenvalue weighted by molar-refractivity contribution is 6.06. The smallest absolute Gasteiger partial charge is 0.269 e. The quantitative estimate of drug-likeness (QED) is 0.661. The number of nitrogens with one attached hydrogen (secondary N) is 1. The summed E-state index contributed by atoms with van der Waals surface area (Å²) in [5, 5.41) is 23.5. The van der Waals surface area contributed by atoms with Crippen molar-refractivity contribution in [3.8, 4) is 0 Å². The van der Waals surface area contributed by atoms with Crippen molar-refractivity contribution < 1.29 is 14.8 Å². The van der Waals surface area contributed by atoms with Crippen LogP contribution in [0.25, 0.3) is 0 Å². The summed E-state index contributed by atoms with van der Waals surface area (Å²) in [4.78, 5) is 24.8. The van der Waals surface area contributed by atoms with Gasteiger partial charge >= 0.3 is 0 Å². The molecule has 1 atom stereocenters. The minimum Gasteiger partial charge on any atom is -0.395 e. The van der Waals surface area contributed by atoms with E-state index >= 15 is 0 Å². The molecule has 1 amide bonds. The number of hydrogen-bond acceptors (Lipinski definition) is 5. The van der Waals surface area contributed by atoms with Gasteiger partial charge in [0.2, 0.25) is 0 Å². The SMILES string of the molecule is O=C(c1ccc([N+](=O)[O-])cc1)N1C[C@@H](CO)NCc2ccccc21. The van der Waals surface area contributed by atoms with Crippen molar-refractivity contribution in [1.29, 1.82) is 0 Å². The molecule has 24 heavy (non-hydrogen) atoms. The fraction of sp³-hybridized carbons (Fsp3) is 0.235. The second-order valence-electron chi connectivity index (χ2n) is 5.61. The lowest BCUT2D eigenvalue weighted by atomic mass is 10.1. The molecule has 2 N–H and O–H groups in total. The Hall–Kier alpha value is -2.77. The van der Waals surface area contributed by atoms with Gasteiger partial charge in [0, 0.05) is 42.5 Å². The van der Waals surface area contributed by atoms with Gasteiger partial charge in [0.05, 0.1) is 11.5 Å². The van der Waals surface area contributed by atoms with Gasteiger partial charge in [-0.2, -0.15) is 0 Å². The number of para-hydroxylation sites is 1. The Morgan fingerprint density at radius 2 is 1.96 bits per heavy atom. The zero-order chi connectivity index (χ0) is 17.1. The summed E-state index contributed by atoms with van der Waals surface area (Å²) in [6.45, 7) is 0.798. The number of amides is 1. The van der Waals surface area contributed by atoms with Crippen LogP contribution in [0.15, 0.2) is 48.5 Å². The minimum absolute atomic E-state index is 0.0577. The standard InChI is InChI=1S/C17H17N3O4/c21-11-14-10-19(16-4-2-1-3-13(16)9-18-14)17(22)12-5-7-15(8-6-12)20(23)24/h1-8,14,18,21H,9-11H2/t14-/m0/s1. The Morgan fingerprint density at radius 1 is 1.25 bits per heavy atom. The molecule has 0 aromatic heterocycles. The number of aliphatic hydroxyl groups is 1. The van der Waals surface area contributed by atoms with Crippen LogP contribution in [0.1, 0.15) is 15.9 Å². The third kappa shape index (κ3) is 3.12. The van der Waals surface area contributed by atoms with Crippen LogP contribution in [0.3, 0.4) is 0 Å². The molecule has 2 aromatic rings. The fourth-order valence-corrected chi connectivity index (χ4v) is 2.76. The summed E-state index contributed by atoms with van der Waals surface area (Å²) in [7, 11) is 0. The maximum Gasteiger partial charge on any atom is 0.269 e. The zero-order valence-corrected chi connectivity index (χ0v) is 12.9. The van der Waals surface area contributed by atoms with E-state index in [1.165, 1.54) is 24.3 Å². The summed E-state index contributed by atoms with van der Waals surface area (Å²) < 4.78 is 0. The van der Waals surface area contributed by atoms with Crippen LogP contribution in [-0.4, -0.2) is 35.1 Å². The maximum atomic E-state index is 12.9. The Morgan fingerprint density at radius 3 is 2.62 bits per heavy atom. The first-order chi connectivity index (χ1) is 11.6. The van der Waals surface area contributed by atoms with E-state index in [9.17, 15) is 20.0 Å². The van der Waals surface area contributed by atoms with Gasteiger partial charge in [-0.3, -0.25) is 14.9 Å². The maximum absolute atomic E-state index is 12.9. The van der Waals surface area contributed by atoms with Crippen LogP contribution >= 0.6 is 0 Å². The van der Waals surface area contributed by atoms with Gasteiger partial charge in [0.15, 0.2) is 0 Å². The van der Waals surface area contributed by atoms with Crippen molar-refractivity contribution >= 4 is 17.3 Å². The van der Waals surface area contributed by atoms with Gasteiger partial charge in [-0.1, -0.05) is 18.2 Å². The van der Waals surface area contributed by atoms with Gasteiger partial charge in [-0.15, -0.1) is 0 Å². The molecule has 0 unspecified atom stereocenters. The van der Waals surface area contributed by atoms with E-state index < -0.39 is 4.92 Å². The first-order valence-electron chi connectivity index (χ1n) is 7.58. The molecule has 0 bridgehead atoms. The van der Waals surface area contributed by atoms with E-state index in [1.807, 2.05) is 24.3 Å². The monoisotopic (exact) mass is 327 g/mol. The van der Waals surface area contributed by atoms with Crippen LogP contribution in [-0.2, 0) is 6.54 Å². The van der Waals surface area contributed by atoms with E-state index in [0.717, 1.165) is 11.3 Å². The van der Waals surface area contributed by atoms with Crippen molar-refractivity contribution in [3.63, 3.8) is 0 Å². The number of anilines is 1. The van der Waals surface area contributed by atoms with E-state index in [-0.39, 0.29) is 24.2 Å². The molecule has 1 aliphatic rings. The molecule has 2 aromatic carbocycles. The predicted octanol–water partition coefficient (Wildman–Crippen LogP) is 1.71. The molecular formula is C17H17N3O4. The number of nitro benzene ring substituents is 1. The van der Waals surface area contributed by atoms with Gasteiger partial charge in [-0.05, 0) is 23.8 Å². The van der Waals surface area contributed by atoms with E-state index in [0.29, 0.717) is 18.7 Å². The molecule has 0 saturated heterocycles. The molecule has 0 saturated carbocycles. The summed E-state index contributed by atoms with van der Waals surface area (Å²) >= 11 is 0. The van der Waals surface area contributed by atoms with E-state index in [1.54, 1.807) is 4.90 Å². The highest BCUT2D eigenvalue weighted by atomic mass is 16.6. The number of aliphatic hydroxyl groups excluding tert-OH is 1. The van der Waals surface area contributed by atoms with Gasteiger partial charge in [-0.25, -0.2) is 0 Å². The third-order valence-corrected chi connectivity index (χ3v) is 4.06. The second kappa shape index (κ2) is 6.77. The average molecular weight is 327 g/mol. The van der Waals surface area contributed by atoms with Crippen molar-refractivity contribution in [1.82, 2.24) is 5.32 Å². The molecule has 1 heterocycles. The van der Waals surface area contributed by atoms with Gasteiger partial charge in [0.1, 0.15) is 0 Å². The largest absolute Gasteiger partial charge is 0.395 e. The van der Waals surface area contributed by atoms with E-state index in [2.05, 4.69) is 5.32 Å². The Bertz CT molecular complexity index is 761.